The quantitative estimate of drug-likeness (QED) is 0.812. The van der Waals surface area contributed by atoms with Crippen molar-refractivity contribution in [3.05, 3.63) is 48.5 Å². The molecule has 1 aromatic carbocycles. The summed E-state index contributed by atoms with van der Waals surface area (Å²) in [7, 11) is 0. The zero-order chi connectivity index (χ0) is 17.6. The number of nitrogens with zero attached hydrogens (tertiary/aromatic N) is 3. The maximum atomic E-state index is 10.3. The van der Waals surface area contributed by atoms with Crippen LogP contribution in [-0.4, -0.2) is 51.8 Å². The molecule has 2 unspecified atom stereocenters. The molecule has 1 saturated heterocycles. The summed E-state index contributed by atoms with van der Waals surface area (Å²) in [5.41, 5.74) is 2.33. The van der Waals surface area contributed by atoms with Gasteiger partial charge >= 0.3 is 0 Å². The molecule has 1 aromatic heterocycles. The first-order valence-electron chi connectivity index (χ1n) is 9.34. The van der Waals surface area contributed by atoms with Crippen LogP contribution < -0.4 is 5.32 Å². The summed E-state index contributed by atoms with van der Waals surface area (Å²) in [6, 6.07) is 8.67. The molecule has 2 aromatic rings. The molecule has 2 N–H and O–H groups in total. The third-order valence-corrected chi connectivity index (χ3v) is 5.20. The van der Waals surface area contributed by atoms with Gasteiger partial charge < -0.3 is 19.9 Å². The molecule has 0 bridgehead atoms. The number of β-amino-alcohol motifs (C(OH)–C–C–N with tert-alkyl or cyclic N) is 1. The Kier molecular flexibility index (Phi) is 6.24. The number of aliphatic hydroxyl groups is 1. The molecule has 0 spiro atoms. The number of rotatable bonds is 7. The molecule has 2 atom stereocenters. The molecule has 0 saturated carbocycles. The minimum atomic E-state index is -0.318. The van der Waals surface area contributed by atoms with Gasteiger partial charge in [-0.15, -0.1) is 0 Å². The zero-order valence-electron chi connectivity index (χ0n) is 15.3. The minimum absolute atomic E-state index is 0.216. The molecule has 0 radical (unpaired) electrons. The lowest BCUT2D eigenvalue weighted by Gasteiger charge is -2.32. The highest BCUT2D eigenvalue weighted by molar-refractivity contribution is 5.35. The van der Waals surface area contributed by atoms with Crippen molar-refractivity contribution in [2.75, 3.05) is 26.2 Å². The second-order valence-corrected chi connectivity index (χ2v) is 7.33. The number of aliphatic hydroxyl groups excluding tert-OH is 1. The monoisotopic (exact) mass is 342 g/mol. The first-order valence-corrected chi connectivity index (χ1v) is 9.34. The van der Waals surface area contributed by atoms with Gasteiger partial charge in [0.1, 0.15) is 0 Å². The van der Waals surface area contributed by atoms with Gasteiger partial charge in [0.2, 0.25) is 0 Å². The average Bonchev–Trinajstić information content (AvgIpc) is 3.16. The van der Waals surface area contributed by atoms with Crippen molar-refractivity contribution in [2.45, 2.75) is 38.8 Å². The molecule has 5 nitrogen and oxygen atoms in total. The van der Waals surface area contributed by atoms with Crippen molar-refractivity contribution in [1.29, 1.82) is 0 Å². The first kappa shape index (κ1) is 18.1. The third kappa shape index (κ3) is 5.14. The van der Waals surface area contributed by atoms with Gasteiger partial charge in [-0.05, 0) is 56.5 Å². The van der Waals surface area contributed by atoms with E-state index >= 15 is 0 Å². The molecule has 2 heterocycles. The molecule has 1 aliphatic rings. The fraction of sp³-hybridized carbons (Fsp3) is 0.550. The Morgan fingerprint density at radius 2 is 1.96 bits per heavy atom. The van der Waals surface area contributed by atoms with Crippen LogP contribution in [-0.2, 0) is 0 Å². The summed E-state index contributed by atoms with van der Waals surface area (Å²) in [6.07, 6.45) is 7.70. The van der Waals surface area contributed by atoms with Gasteiger partial charge in [-0.2, -0.15) is 0 Å². The molecule has 1 fully saturated rings. The molecule has 25 heavy (non-hydrogen) atoms. The number of piperidine rings is 1. The normalized spacial score (nSPS) is 19.0. The lowest BCUT2D eigenvalue weighted by molar-refractivity contribution is 0.0892. The van der Waals surface area contributed by atoms with Gasteiger partial charge in [0.25, 0.3) is 0 Å². The molecule has 0 amide bonds. The molecule has 1 aliphatic heterocycles. The largest absolute Gasteiger partial charge is 0.390 e. The van der Waals surface area contributed by atoms with Crippen molar-refractivity contribution in [2.24, 2.45) is 5.92 Å². The summed E-state index contributed by atoms with van der Waals surface area (Å²) in [5, 5.41) is 13.8. The lowest BCUT2D eigenvalue weighted by atomic mass is 9.99. The number of hydrogen-bond donors (Lipinski definition) is 2. The van der Waals surface area contributed by atoms with E-state index < -0.39 is 0 Å². The van der Waals surface area contributed by atoms with Gasteiger partial charge in [0, 0.05) is 37.2 Å². The van der Waals surface area contributed by atoms with Gasteiger partial charge in [-0.3, -0.25) is 0 Å². The van der Waals surface area contributed by atoms with E-state index in [0.29, 0.717) is 6.54 Å². The van der Waals surface area contributed by atoms with Crippen LogP contribution >= 0.6 is 0 Å². The predicted molar refractivity (Wildman–Crippen MR) is 101 cm³/mol. The SMILES string of the molecule is CC1CCN(CC(O)CNC(C)c2ccc(-n3ccnc3)cc2)CC1. The van der Waals surface area contributed by atoms with E-state index in [0.717, 1.165) is 31.2 Å². The molecule has 5 heteroatoms. The molecule has 0 aliphatic carbocycles. The molecular formula is C20H30N4O. The van der Waals surface area contributed by atoms with Gasteiger partial charge in [0.15, 0.2) is 0 Å². The Labute approximate surface area is 150 Å². The Morgan fingerprint density at radius 3 is 2.60 bits per heavy atom. The van der Waals surface area contributed by atoms with Gasteiger partial charge in [-0.1, -0.05) is 19.1 Å². The minimum Gasteiger partial charge on any atom is -0.390 e. The summed E-state index contributed by atoms with van der Waals surface area (Å²) >= 11 is 0. The second kappa shape index (κ2) is 8.61. The number of likely N-dealkylation sites (tertiary alicyclic amines) is 1. The fourth-order valence-corrected chi connectivity index (χ4v) is 3.38. The predicted octanol–water partition coefficient (Wildman–Crippen LogP) is 2.62. The van der Waals surface area contributed by atoms with Crippen molar-refractivity contribution in [1.82, 2.24) is 19.8 Å². The number of hydrogen-bond acceptors (Lipinski definition) is 4. The van der Waals surface area contributed by atoms with Crippen molar-refractivity contribution < 1.29 is 5.11 Å². The Balaban J connectivity index is 1.44. The Morgan fingerprint density at radius 1 is 1.24 bits per heavy atom. The fourth-order valence-electron chi connectivity index (χ4n) is 3.38. The van der Waals surface area contributed by atoms with E-state index in [1.807, 2.05) is 10.8 Å². The van der Waals surface area contributed by atoms with E-state index in [9.17, 15) is 5.11 Å². The van der Waals surface area contributed by atoms with E-state index in [4.69, 9.17) is 0 Å². The van der Waals surface area contributed by atoms with E-state index in [1.165, 1.54) is 18.4 Å². The van der Waals surface area contributed by atoms with Gasteiger partial charge in [-0.25, -0.2) is 4.98 Å². The number of benzene rings is 1. The molecular weight excluding hydrogens is 312 g/mol. The van der Waals surface area contributed by atoms with E-state index in [-0.39, 0.29) is 12.1 Å². The van der Waals surface area contributed by atoms with Crippen LogP contribution in [0.4, 0.5) is 0 Å². The highest BCUT2D eigenvalue weighted by atomic mass is 16.3. The van der Waals surface area contributed by atoms with E-state index in [1.54, 1.807) is 12.5 Å². The number of imidazole rings is 1. The van der Waals surface area contributed by atoms with Crippen molar-refractivity contribution >= 4 is 0 Å². The van der Waals surface area contributed by atoms with Crippen LogP contribution in [0.1, 0.15) is 38.3 Å². The van der Waals surface area contributed by atoms with Crippen LogP contribution in [0.15, 0.2) is 43.0 Å². The lowest BCUT2D eigenvalue weighted by Crippen LogP contribution is -2.42. The van der Waals surface area contributed by atoms with Gasteiger partial charge in [0.05, 0.1) is 12.4 Å². The second-order valence-electron chi connectivity index (χ2n) is 7.33. The highest BCUT2D eigenvalue weighted by Gasteiger charge is 2.18. The topological polar surface area (TPSA) is 53.3 Å². The van der Waals surface area contributed by atoms with Crippen LogP contribution in [0.25, 0.3) is 5.69 Å². The summed E-state index contributed by atoms with van der Waals surface area (Å²) in [4.78, 5) is 6.46. The summed E-state index contributed by atoms with van der Waals surface area (Å²) in [6.45, 7) is 8.08. The van der Waals surface area contributed by atoms with Crippen LogP contribution in [0.2, 0.25) is 0 Å². The Bertz CT molecular complexity index is 618. The first-order chi connectivity index (χ1) is 12.1. The molecule has 136 valence electrons. The standard InChI is InChI=1S/C20H30N4O/c1-16-7-10-23(11-8-16)14-20(25)13-22-17(2)18-3-5-19(6-4-18)24-12-9-21-15-24/h3-6,9,12,15-17,20,22,25H,7-8,10-11,13-14H2,1-2H3. The summed E-state index contributed by atoms with van der Waals surface area (Å²) in [5.74, 6) is 0.830. The van der Waals surface area contributed by atoms with Crippen molar-refractivity contribution in [3.8, 4) is 5.69 Å². The number of nitrogens with one attached hydrogen (secondary N) is 1. The van der Waals surface area contributed by atoms with Crippen LogP contribution in [0.5, 0.6) is 0 Å². The Hall–Kier alpha value is -1.69. The van der Waals surface area contributed by atoms with Crippen LogP contribution in [0, 0.1) is 5.92 Å². The smallest absolute Gasteiger partial charge is 0.0991 e. The van der Waals surface area contributed by atoms with Crippen molar-refractivity contribution in [3.63, 3.8) is 0 Å². The van der Waals surface area contributed by atoms with E-state index in [2.05, 4.69) is 53.3 Å². The maximum absolute atomic E-state index is 10.3. The number of aromatic nitrogens is 2. The zero-order valence-corrected chi connectivity index (χ0v) is 15.3. The maximum Gasteiger partial charge on any atom is 0.0991 e. The highest BCUT2D eigenvalue weighted by Crippen LogP contribution is 2.17. The third-order valence-electron chi connectivity index (χ3n) is 5.20. The summed E-state index contributed by atoms with van der Waals surface area (Å²) < 4.78 is 1.99. The average molecular weight is 342 g/mol. The van der Waals surface area contributed by atoms with Crippen LogP contribution in [0.3, 0.4) is 0 Å². The molecule has 3 rings (SSSR count).